The molecule has 3 heterocycles. The summed E-state index contributed by atoms with van der Waals surface area (Å²) in [5.74, 6) is 0.792. The maximum Gasteiger partial charge on any atom is 0.301 e. The quantitative estimate of drug-likeness (QED) is 0.492. The molecular weight excluding hydrogens is 458 g/mol. The van der Waals surface area contributed by atoms with Gasteiger partial charge in [-0.25, -0.2) is 4.98 Å². The van der Waals surface area contributed by atoms with E-state index in [1.807, 2.05) is 20.9 Å². The van der Waals surface area contributed by atoms with Gasteiger partial charge in [0.2, 0.25) is 0 Å². The Morgan fingerprint density at radius 2 is 1.88 bits per heavy atom. The Hall–Kier alpha value is -2.96. The first kappa shape index (κ1) is 24.2. The highest BCUT2D eigenvalue weighted by Gasteiger charge is 2.26. The minimum absolute atomic E-state index is 0.298. The predicted molar refractivity (Wildman–Crippen MR) is 131 cm³/mol. The largest absolute Gasteiger partial charge is 0.493 e. The summed E-state index contributed by atoms with van der Waals surface area (Å²) in [6, 6.07) is 4.96. The van der Waals surface area contributed by atoms with Crippen LogP contribution in [0, 0.1) is 0 Å². The van der Waals surface area contributed by atoms with E-state index in [2.05, 4.69) is 19.7 Å². The summed E-state index contributed by atoms with van der Waals surface area (Å²) in [6.45, 7) is 6.48. The van der Waals surface area contributed by atoms with Gasteiger partial charge in [-0.05, 0) is 38.6 Å². The Balaban J connectivity index is 1.75. The van der Waals surface area contributed by atoms with E-state index >= 15 is 0 Å². The zero-order chi connectivity index (χ0) is 24.5. The van der Waals surface area contributed by atoms with Crippen LogP contribution in [0.3, 0.4) is 0 Å². The highest BCUT2D eigenvalue weighted by atomic mass is 32.2. The van der Waals surface area contributed by atoms with Gasteiger partial charge in [-0.2, -0.15) is 17.8 Å². The number of H-pyrrole nitrogens is 1. The number of anilines is 1. The van der Waals surface area contributed by atoms with Crippen molar-refractivity contribution in [2.75, 3.05) is 44.6 Å². The smallest absolute Gasteiger partial charge is 0.301 e. The number of nitrogens with zero attached hydrogens (tertiary/aromatic N) is 5. The molecule has 0 amide bonds. The molecule has 1 aliphatic heterocycles. The lowest BCUT2D eigenvalue weighted by atomic mass is 10.1. The van der Waals surface area contributed by atoms with Crippen molar-refractivity contribution >= 4 is 26.9 Å². The maximum absolute atomic E-state index is 12.9. The second kappa shape index (κ2) is 9.72. The molecule has 1 fully saturated rings. The Kier molecular flexibility index (Phi) is 6.91. The Bertz CT molecular complexity index is 1340. The molecule has 1 aromatic carbocycles. The van der Waals surface area contributed by atoms with Crippen LogP contribution in [0.1, 0.15) is 26.0 Å². The number of fused-ring (bicyclic) bond motifs is 1. The zero-order valence-corrected chi connectivity index (χ0v) is 20.8. The van der Waals surface area contributed by atoms with Gasteiger partial charge in [-0.1, -0.05) is 13.3 Å². The molecule has 0 atom stereocenters. The molecule has 0 unspecified atom stereocenters. The number of aromatic amines is 1. The van der Waals surface area contributed by atoms with Gasteiger partial charge in [-0.3, -0.25) is 14.2 Å². The summed E-state index contributed by atoms with van der Waals surface area (Å²) in [5.41, 5.74) is 2.22. The third-order valence-electron chi connectivity index (χ3n) is 5.83. The number of rotatable bonds is 8. The third kappa shape index (κ3) is 4.79. The number of hydrogen-bond acceptors (Lipinski definition) is 7. The first-order valence-electron chi connectivity index (χ1n) is 11.4. The van der Waals surface area contributed by atoms with Gasteiger partial charge < -0.3 is 14.6 Å². The molecule has 0 radical (unpaired) electrons. The maximum atomic E-state index is 12.9. The molecule has 0 aliphatic carbocycles. The van der Waals surface area contributed by atoms with Crippen LogP contribution in [-0.2, 0) is 23.7 Å². The molecule has 184 valence electrons. The lowest BCUT2D eigenvalue weighted by Gasteiger charge is -2.31. The SMILES string of the molecule is CCCc1nn(C)c2c(=O)[nH]c(-c3cc(NS(=O)(=O)N4CCN(C)CC4)ccc3OCC)nc12. The Morgan fingerprint density at radius 3 is 2.56 bits per heavy atom. The Labute approximate surface area is 198 Å². The van der Waals surface area contributed by atoms with Crippen LogP contribution in [0.25, 0.3) is 22.4 Å². The number of ether oxygens (including phenoxy) is 1. The van der Waals surface area contributed by atoms with Gasteiger partial charge in [0.25, 0.3) is 5.56 Å². The molecule has 0 bridgehead atoms. The van der Waals surface area contributed by atoms with Gasteiger partial charge in [-0.15, -0.1) is 0 Å². The van der Waals surface area contributed by atoms with E-state index < -0.39 is 10.2 Å². The summed E-state index contributed by atoms with van der Waals surface area (Å²) in [7, 11) is -0.0404. The second-order valence-corrected chi connectivity index (χ2v) is 10.1. The molecule has 0 spiro atoms. The lowest BCUT2D eigenvalue weighted by molar-refractivity contribution is 0.223. The van der Waals surface area contributed by atoms with Crippen LogP contribution in [0.15, 0.2) is 23.0 Å². The zero-order valence-electron chi connectivity index (χ0n) is 20.0. The molecule has 1 saturated heterocycles. The summed E-state index contributed by atoms with van der Waals surface area (Å²) in [6.07, 6.45) is 1.56. The van der Waals surface area contributed by atoms with Gasteiger partial charge in [0.05, 0.1) is 23.6 Å². The molecule has 11 nitrogen and oxygen atoms in total. The molecule has 1 aliphatic rings. The number of benzene rings is 1. The van der Waals surface area contributed by atoms with Crippen molar-refractivity contribution in [1.82, 2.24) is 29.0 Å². The van der Waals surface area contributed by atoms with E-state index in [4.69, 9.17) is 9.72 Å². The summed E-state index contributed by atoms with van der Waals surface area (Å²) in [5, 5.41) is 4.46. The minimum atomic E-state index is -3.73. The predicted octanol–water partition coefficient (Wildman–Crippen LogP) is 1.58. The number of piperazine rings is 1. The van der Waals surface area contributed by atoms with Crippen molar-refractivity contribution in [1.29, 1.82) is 0 Å². The van der Waals surface area contributed by atoms with Crippen molar-refractivity contribution in [3.8, 4) is 17.1 Å². The number of nitrogens with one attached hydrogen (secondary N) is 2. The number of aromatic nitrogens is 4. The molecule has 3 aromatic rings. The fourth-order valence-corrected chi connectivity index (χ4v) is 5.28. The van der Waals surface area contributed by atoms with Crippen molar-refractivity contribution in [3.63, 3.8) is 0 Å². The van der Waals surface area contributed by atoms with Gasteiger partial charge in [0, 0.05) is 33.2 Å². The average Bonchev–Trinajstić information content (AvgIpc) is 3.11. The standard InChI is InChI=1S/C22H31N7O4S/c1-5-7-17-19-20(28(4)25-17)22(30)24-21(23-19)16-14-15(8-9-18(16)33-6-2)26-34(31,32)29-12-10-27(3)11-13-29/h8-9,14,26H,5-7,10-13H2,1-4H3,(H,23,24,30). The van der Waals surface area contributed by atoms with Crippen LogP contribution in [0.5, 0.6) is 5.75 Å². The van der Waals surface area contributed by atoms with Gasteiger partial charge in [0.1, 0.15) is 17.1 Å². The van der Waals surface area contributed by atoms with Crippen molar-refractivity contribution in [3.05, 3.63) is 34.2 Å². The average molecular weight is 490 g/mol. The fourth-order valence-electron chi connectivity index (χ4n) is 4.08. The number of aryl methyl sites for hydroxylation is 2. The van der Waals surface area contributed by atoms with E-state index in [0.29, 0.717) is 73.1 Å². The molecule has 34 heavy (non-hydrogen) atoms. The van der Waals surface area contributed by atoms with E-state index in [1.165, 1.54) is 4.31 Å². The second-order valence-electron chi connectivity index (χ2n) is 8.39. The normalized spacial score (nSPS) is 15.6. The monoisotopic (exact) mass is 489 g/mol. The lowest BCUT2D eigenvalue weighted by Crippen LogP contribution is -2.48. The first-order valence-corrected chi connectivity index (χ1v) is 12.9. The molecular formula is C22H31N7O4S. The van der Waals surface area contributed by atoms with Crippen molar-refractivity contribution in [2.24, 2.45) is 7.05 Å². The van der Waals surface area contributed by atoms with Crippen LogP contribution >= 0.6 is 0 Å². The third-order valence-corrected chi connectivity index (χ3v) is 7.37. The van der Waals surface area contributed by atoms with E-state index in [1.54, 1.807) is 29.9 Å². The van der Waals surface area contributed by atoms with Crippen LogP contribution in [0.4, 0.5) is 5.69 Å². The number of likely N-dealkylation sites (N-methyl/N-ethyl adjacent to an activating group) is 1. The highest BCUT2D eigenvalue weighted by molar-refractivity contribution is 7.90. The Morgan fingerprint density at radius 1 is 1.15 bits per heavy atom. The summed E-state index contributed by atoms with van der Waals surface area (Å²) < 4.78 is 37.3. The van der Waals surface area contributed by atoms with E-state index in [-0.39, 0.29) is 5.56 Å². The van der Waals surface area contributed by atoms with Gasteiger partial charge >= 0.3 is 10.2 Å². The summed E-state index contributed by atoms with van der Waals surface area (Å²) >= 11 is 0. The van der Waals surface area contributed by atoms with Crippen LogP contribution in [0.2, 0.25) is 0 Å². The molecule has 4 rings (SSSR count). The van der Waals surface area contributed by atoms with E-state index in [9.17, 15) is 13.2 Å². The van der Waals surface area contributed by atoms with Gasteiger partial charge in [0.15, 0.2) is 5.52 Å². The first-order chi connectivity index (χ1) is 16.2. The van der Waals surface area contributed by atoms with E-state index in [0.717, 1.165) is 12.1 Å². The highest BCUT2D eigenvalue weighted by Crippen LogP contribution is 2.32. The number of hydrogen-bond donors (Lipinski definition) is 2. The minimum Gasteiger partial charge on any atom is -0.493 e. The topological polar surface area (TPSA) is 125 Å². The molecule has 0 saturated carbocycles. The van der Waals surface area contributed by atoms with Crippen LogP contribution < -0.4 is 15.0 Å². The molecule has 12 heteroatoms. The van der Waals surface area contributed by atoms with Crippen molar-refractivity contribution < 1.29 is 13.2 Å². The fraction of sp³-hybridized carbons (Fsp3) is 0.500. The van der Waals surface area contributed by atoms with Crippen LogP contribution in [-0.4, -0.2) is 77.2 Å². The van der Waals surface area contributed by atoms with Crippen molar-refractivity contribution in [2.45, 2.75) is 26.7 Å². The molecule has 2 aromatic heterocycles. The molecule has 2 N–H and O–H groups in total. The summed E-state index contributed by atoms with van der Waals surface area (Å²) in [4.78, 5) is 22.5.